The summed E-state index contributed by atoms with van der Waals surface area (Å²) in [7, 11) is 0. The highest BCUT2D eigenvalue weighted by molar-refractivity contribution is 7.07. The Balaban J connectivity index is 1.38. The van der Waals surface area contributed by atoms with Crippen molar-refractivity contribution < 1.29 is 9.59 Å². The lowest BCUT2D eigenvalue weighted by Crippen LogP contribution is -2.53. The molecule has 1 aromatic carbocycles. The standard InChI is InChI=1S/C23H29N3O2S/c1-16-4-5-18(12-17(16)2)13-25-9-6-20(7-10-25)23(3)21(27)26(22(28)24-23)14-19-8-11-29-15-19/h4-5,8,11-12,15,20H,6-7,9-10,13-14H2,1-3H3,(H,24,28)/t23-/m1/s1. The SMILES string of the molecule is Cc1ccc(CN2CCC([C@@]3(C)NC(=O)N(Cc4ccsc4)C3=O)CC2)cc1C. The summed E-state index contributed by atoms with van der Waals surface area (Å²) in [5.74, 6) is 0.0868. The van der Waals surface area contributed by atoms with Gasteiger partial charge in [0.05, 0.1) is 6.54 Å². The van der Waals surface area contributed by atoms with E-state index < -0.39 is 5.54 Å². The maximum absolute atomic E-state index is 13.1. The number of urea groups is 1. The van der Waals surface area contributed by atoms with E-state index in [-0.39, 0.29) is 17.9 Å². The lowest BCUT2D eigenvalue weighted by Gasteiger charge is -2.39. The Kier molecular flexibility index (Phi) is 5.49. The van der Waals surface area contributed by atoms with Crippen LogP contribution in [0.15, 0.2) is 35.0 Å². The van der Waals surface area contributed by atoms with E-state index in [2.05, 4.69) is 42.3 Å². The zero-order valence-electron chi connectivity index (χ0n) is 17.4. The minimum absolute atomic E-state index is 0.0821. The Bertz CT molecular complexity index is 903. The molecular weight excluding hydrogens is 382 g/mol. The number of imide groups is 1. The van der Waals surface area contributed by atoms with Crippen LogP contribution < -0.4 is 5.32 Å². The molecule has 0 unspecified atom stereocenters. The summed E-state index contributed by atoms with van der Waals surface area (Å²) in [6.45, 7) is 9.39. The summed E-state index contributed by atoms with van der Waals surface area (Å²) in [4.78, 5) is 29.5. The summed E-state index contributed by atoms with van der Waals surface area (Å²) >= 11 is 1.58. The molecule has 4 rings (SSSR count). The second kappa shape index (κ2) is 7.92. The van der Waals surface area contributed by atoms with Crippen LogP contribution in [0.3, 0.4) is 0 Å². The molecule has 1 atom stereocenters. The molecule has 2 aliphatic rings. The average Bonchev–Trinajstić information content (AvgIpc) is 3.29. The molecule has 2 aliphatic heterocycles. The van der Waals surface area contributed by atoms with Crippen molar-refractivity contribution in [1.82, 2.24) is 15.1 Å². The van der Waals surface area contributed by atoms with Crippen molar-refractivity contribution >= 4 is 23.3 Å². The van der Waals surface area contributed by atoms with Gasteiger partial charge in [-0.05, 0) is 91.7 Å². The van der Waals surface area contributed by atoms with Gasteiger partial charge in [0, 0.05) is 6.54 Å². The van der Waals surface area contributed by atoms with E-state index in [1.807, 2.05) is 23.8 Å². The van der Waals surface area contributed by atoms with Gasteiger partial charge in [-0.3, -0.25) is 14.6 Å². The predicted octanol–water partition coefficient (Wildman–Crippen LogP) is 4.09. The second-order valence-corrected chi connectivity index (χ2v) is 9.40. The van der Waals surface area contributed by atoms with Crippen molar-refractivity contribution in [1.29, 1.82) is 0 Å². The van der Waals surface area contributed by atoms with E-state index in [0.717, 1.165) is 38.0 Å². The highest BCUT2D eigenvalue weighted by Gasteiger charge is 2.52. The number of carbonyl (C=O) groups is 2. The molecule has 0 spiro atoms. The highest BCUT2D eigenvalue weighted by atomic mass is 32.1. The summed E-state index contributed by atoms with van der Waals surface area (Å²) in [5, 5.41) is 6.97. The van der Waals surface area contributed by atoms with Gasteiger partial charge >= 0.3 is 6.03 Å². The number of aryl methyl sites for hydroxylation is 2. The predicted molar refractivity (Wildman–Crippen MR) is 116 cm³/mol. The first kappa shape index (κ1) is 20.1. The third-order valence-corrected chi connectivity index (χ3v) is 7.34. The lowest BCUT2D eigenvalue weighted by molar-refractivity contribution is -0.133. The molecule has 0 bridgehead atoms. The summed E-state index contributed by atoms with van der Waals surface area (Å²) in [5.41, 5.74) is 4.20. The van der Waals surface area contributed by atoms with Gasteiger partial charge in [-0.2, -0.15) is 11.3 Å². The van der Waals surface area contributed by atoms with Crippen LogP contribution in [0.4, 0.5) is 4.79 Å². The number of nitrogens with zero attached hydrogens (tertiary/aromatic N) is 2. The molecule has 1 N–H and O–H groups in total. The third-order valence-electron chi connectivity index (χ3n) is 6.60. The number of carbonyl (C=O) groups excluding carboxylic acids is 2. The van der Waals surface area contributed by atoms with E-state index in [0.29, 0.717) is 6.54 Å². The van der Waals surface area contributed by atoms with Crippen LogP contribution in [0.1, 0.15) is 42.0 Å². The van der Waals surface area contributed by atoms with Crippen molar-refractivity contribution in [3.8, 4) is 0 Å². The molecule has 5 nitrogen and oxygen atoms in total. The van der Waals surface area contributed by atoms with Gasteiger partial charge in [0.15, 0.2) is 0 Å². The molecular formula is C23H29N3O2S. The Morgan fingerprint density at radius 3 is 2.48 bits per heavy atom. The van der Waals surface area contributed by atoms with Crippen LogP contribution in [-0.4, -0.2) is 40.4 Å². The zero-order chi connectivity index (χ0) is 20.6. The molecule has 0 radical (unpaired) electrons. The first-order valence-electron chi connectivity index (χ1n) is 10.3. The molecule has 0 aliphatic carbocycles. The Hall–Kier alpha value is -2.18. The van der Waals surface area contributed by atoms with Crippen molar-refractivity contribution in [2.45, 2.75) is 52.2 Å². The van der Waals surface area contributed by atoms with Crippen LogP contribution in [0.25, 0.3) is 0 Å². The quantitative estimate of drug-likeness (QED) is 0.754. The molecule has 6 heteroatoms. The highest BCUT2D eigenvalue weighted by Crippen LogP contribution is 2.34. The van der Waals surface area contributed by atoms with Crippen LogP contribution in [0, 0.1) is 19.8 Å². The number of thiophene rings is 1. The van der Waals surface area contributed by atoms with Gasteiger partial charge in [-0.25, -0.2) is 4.79 Å². The van der Waals surface area contributed by atoms with E-state index in [4.69, 9.17) is 0 Å². The fraction of sp³-hybridized carbons (Fsp3) is 0.478. The van der Waals surface area contributed by atoms with Crippen molar-refractivity contribution in [3.63, 3.8) is 0 Å². The number of rotatable bonds is 5. The van der Waals surface area contributed by atoms with Gasteiger partial charge in [0.2, 0.25) is 0 Å². The monoisotopic (exact) mass is 411 g/mol. The minimum atomic E-state index is -0.792. The van der Waals surface area contributed by atoms with Crippen LogP contribution in [0.2, 0.25) is 0 Å². The zero-order valence-corrected chi connectivity index (χ0v) is 18.2. The third kappa shape index (κ3) is 3.96. The molecule has 2 saturated heterocycles. The summed E-state index contributed by atoms with van der Waals surface area (Å²) < 4.78 is 0. The van der Waals surface area contributed by atoms with E-state index in [9.17, 15) is 9.59 Å². The van der Waals surface area contributed by atoms with Gasteiger partial charge < -0.3 is 5.32 Å². The molecule has 2 fully saturated rings. The first-order valence-corrected chi connectivity index (χ1v) is 11.2. The van der Waals surface area contributed by atoms with E-state index >= 15 is 0 Å². The van der Waals surface area contributed by atoms with Crippen molar-refractivity contribution in [2.75, 3.05) is 13.1 Å². The maximum Gasteiger partial charge on any atom is 0.325 e. The van der Waals surface area contributed by atoms with Crippen molar-refractivity contribution in [3.05, 3.63) is 57.3 Å². The fourth-order valence-corrected chi connectivity index (χ4v) is 5.19. The number of hydrogen-bond acceptors (Lipinski definition) is 4. The van der Waals surface area contributed by atoms with Crippen molar-refractivity contribution in [2.24, 2.45) is 5.92 Å². The molecule has 2 aromatic rings. The Labute approximate surface area is 176 Å². The van der Waals surface area contributed by atoms with Gasteiger partial charge in [0.1, 0.15) is 5.54 Å². The van der Waals surface area contributed by atoms with Crippen LogP contribution in [-0.2, 0) is 17.9 Å². The number of amides is 3. The van der Waals surface area contributed by atoms with Gasteiger partial charge in [0.25, 0.3) is 5.91 Å². The molecule has 29 heavy (non-hydrogen) atoms. The largest absolute Gasteiger partial charge is 0.325 e. The molecule has 154 valence electrons. The Morgan fingerprint density at radius 2 is 1.83 bits per heavy atom. The number of hydrogen-bond donors (Lipinski definition) is 1. The molecule has 0 saturated carbocycles. The number of likely N-dealkylation sites (tertiary alicyclic amines) is 1. The number of benzene rings is 1. The second-order valence-electron chi connectivity index (χ2n) is 8.62. The van der Waals surface area contributed by atoms with Crippen LogP contribution >= 0.6 is 11.3 Å². The molecule has 1 aromatic heterocycles. The fourth-order valence-electron chi connectivity index (χ4n) is 4.53. The normalized spacial score (nSPS) is 23.6. The summed E-state index contributed by atoms with van der Waals surface area (Å²) in [6.07, 6.45) is 1.83. The smallest absolute Gasteiger partial charge is 0.323 e. The van der Waals surface area contributed by atoms with Crippen LogP contribution in [0.5, 0.6) is 0 Å². The first-order chi connectivity index (χ1) is 13.9. The maximum atomic E-state index is 13.1. The molecule has 3 amide bonds. The lowest BCUT2D eigenvalue weighted by atomic mass is 9.79. The number of piperidine rings is 1. The topological polar surface area (TPSA) is 52.7 Å². The number of nitrogens with one attached hydrogen (secondary N) is 1. The average molecular weight is 412 g/mol. The Morgan fingerprint density at radius 1 is 1.07 bits per heavy atom. The summed E-state index contributed by atoms with van der Waals surface area (Å²) in [6, 6.07) is 8.37. The minimum Gasteiger partial charge on any atom is -0.323 e. The van der Waals surface area contributed by atoms with E-state index in [1.165, 1.54) is 21.6 Å². The van der Waals surface area contributed by atoms with Gasteiger partial charge in [-0.1, -0.05) is 18.2 Å². The van der Waals surface area contributed by atoms with Gasteiger partial charge in [-0.15, -0.1) is 0 Å². The van der Waals surface area contributed by atoms with E-state index in [1.54, 1.807) is 11.3 Å². The molecule has 3 heterocycles.